The average molecular weight is 304 g/mol. The predicted molar refractivity (Wildman–Crippen MR) is 79.0 cm³/mol. The van der Waals surface area contributed by atoms with Gasteiger partial charge in [-0.2, -0.15) is 5.10 Å². The lowest BCUT2D eigenvalue weighted by molar-refractivity contribution is 0.270. The van der Waals surface area contributed by atoms with E-state index in [-0.39, 0.29) is 18.5 Å². The van der Waals surface area contributed by atoms with Gasteiger partial charge in [0.05, 0.1) is 12.1 Å². The molecule has 6 N–H and O–H groups in total. The van der Waals surface area contributed by atoms with Crippen LogP contribution in [0.2, 0.25) is 0 Å². The molecule has 0 spiro atoms. The van der Waals surface area contributed by atoms with Crippen LogP contribution in [0.5, 0.6) is 0 Å². The first-order valence-electron chi connectivity index (χ1n) is 6.64. The molecule has 22 heavy (non-hydrogen) atoms. The van der Waals surface area contributed by atoms with Gasteiger partial charge in [0.15, 0.2) is 11.5 Å². The van der Waals surface area contributed by atoms with E-state index in [1.54, 1.807) is 10.8 Å². The van der Waals surface area contributed by atoms with E-state index in [1.807, 2.05) is 13.0 Å². The van der Waals surface area contributed by atoms with Gasteiger partial charge in [0.2, 0.25) is 0 Å². The van der Waals surface area contributed by atoms with Gasteiger partial charge in [0.25, 0.3) is 0 Å². The van der Waals surface area contributed by atoms with Crippen molar-refractivity contribution in [3.05, 3.63) is 18.0 Å². The third-order valence-corrected chi connectivity index (χ3v) is 3.29. The molecule has 0 saturated carbocycles. The number of hydrogen-bond donors (Lipinski definition) is 4. The Hall–Kier alpha value is -2.72. The molecule has 3 aromatic rings. The zero-order valence-electron chi connectivity index (χ0n) is 11.9. The van der Waals surface area contributed by atoms with Crippen LogP contribution < -0.4 is 16.8 Å². The van der Waals surface area contributed by atoms with E-state index in [0.717, 1.165) is 11.1 Å². The maximum Gasteiger partial charge on any atom is 0.198 e. The minimum Gasteiger partial charge on any atom is -0.395 e. The summed E-state index contributed by atoms with van der Waals surface area (Å²) in [5.41, 5.74) is 14.1. The second kappa shape index (κ2) is 5.58. The van der Waals surface area contributed by atoms with E-state index < -0.39 is 0 Å². The van der Waals surface area contributed by atoms with Crippen LogP contribution in [-0.2, 0) is 0 Å². The SMILES string of the molecule is Cc1c(-c2nonc2N)nn2cnc(NCC(N)CO)cc12. The highest BCUT2D eigenvalue weighted by molar-refractivity contribution is 5.76. The third-order valence-electron chi connectivity index (χ3n) is 3.29. The minimum atomic E-state index is -0.347. The molecule has 0 bridgehead atoms. The van der Waals surface area contributed by atoms with Gasteiger partial charge < -0.3 is 21.9 Å². The van der Waals surface area contributed by atoms with Crippen LogP contribution in [0, 0.1) is 6.92 Å². The highest BCUT2D eigenvalue weighted by Gasteiger charge is 2.18. The number of nitrogens with one attached hydrogen (secondary N) is 1. The molecule has 0 fully saturated rings. The van der Waals surface area contributed by atoms with Crippen LogP contribution in [0.4, 0.5) is 11.6 Å². The van der Waals surface area contributed by atoms with Gasteiger partial charge in [0.1, 0.15) is 17.8 Å². The summed E-state index contributed by atoms with van der Waals surface area (Å²) in [5.74, 6) is 0.823. The van der Waals surface area contributed by atoms with Crippen LogP contribution in [0.1, 0.15) is 5.56 Å². The molecule has 1 atom stereocenters. The van der Waals surface area contributed by atoms with E-state index in [1.165, 1.54) is 0 Å². The van der Waals surface area contributed by atoms with Gasteiger partial charge in [-0.25, -0.2) is 14.1 Å². The lowest BCUT2D eigenvalue weighted by Crippen LogP contribution is -2.32. The van der Waals surface area contributed by atoms with Crippen molar-refractivity contribution in [2.45, 2.75) is 13.0 Å². The number of fused-ring (bicyclic) bond motifs is 1. The van der Waals surface area contributed by atoms with Crippen molar-refractivity contribution in [1.29, 1.82) is 0 Å². The Morgan fingerprint density at radius 1 is 1.41 bits per heavy atom. The minimum absolute atomic E-state index is 0.0937. The molecule has 0 saturated heterocycles. The molecular formula is C12H16N8O2. The van der Waals surface area contributed by atoms with Crippen molar-refractivity contribution >= 4 is 17.2 Å². The molecule has 0 aromatic carbocycles. The fourth-order valence-electron chi connectivity index (χ4n) is 2.06. The Kier molecular flexibility index (Phi) is 3.61. The lowest BCUT2D eigenvalue weighted by atomic mass is 10.2. The summed E-state index contributed by atoms with van der Waals surface area (Å²) in [4.78, 5) is 4.23. The molecule has 0 amide bonds. The fraction of sp³-hybridized carbons (Fsp3) is 0.333. The van der Waals surface area contributed by atoms with Crippen LogP contribution >= 0.6 is 0 Å². The molecule has 0 aliphatic heterocycles. The zero-order valence-corrected chi connectivity index (χ0v) is 11.9. The van der Waals surface area contributed by atoms with E-state index in [4.69, 9.17) is 16.6 Å². The zero-order chi connectivity index (χ0) is 15.7. The summed E-state index contributed by atoms with van der Waals surface area (Å²) in [7, 11) is 0. The van der Waals surface area contributed by atoms with Gasteiger partial charge in [-0.3, -0.25) is 0 Å². The number of aliphatic hydroxyl groups is 1. The van der Waals surface area contributed by atoms with Crippen molar-refractivity contribution in [3.8, 4) is 11.4 Å². The molecule has 0 aliphatic carbocycles. The molecule has 10 nitrogen and oxygen atoms in total. The molecule has 1 unspecified atom stereocenters. The van der Waals surface area contributed by atoms with Crippen molar-refractivity contribution in [3.63, 3.8) is 0 Å². The first kappa shape index (κ1) is 14.2. The van der Waals surface area contributed by atoms with Crippen molar-refractivity contribution in [2.75, 3.05) is 24.2 Å². The monoisotopic (exact) mass is 304 g/mol. The number of aromatic nitrogens is 5. The predicted octanol–water partition coefficient (Wildman–Crippen LogP) is -0.599. The number of nitrogens with zero attached hydrogens (tertiary/aromatic N) is 5. The molecule has 116 valence electrons. The molecule has 0 aliphatic rings. The number of aliphatic hydroxyl groups excluding tert-OH is 1. The summed E-state index contributed by atoms with van der Waals surface area (Å²) >= 11 is 0. The number of hydrogen-bond acceptors (Lipinski definition) is 9. The van der Waals surface area contributed by atoms with Crippen LogP contribution in [-0.4, -0.2) is 49.2 Å². The van der Waals surface area contributed by atoms with Gasteiger partial charge in [-0.05, 0) is 17.2 Å². The van der Waals surface area contributed by atoms with E-state index >= 15 is 0 Å². The average Bonchev–Trinajstić information content (AvgIpc) is 3.08. The van der Waals surface area contributed by atoms with Gasteiger partial charge in [-0.1, -0.05) is 0 Å². The quantitative estimate of drug-likeness (QED) is 0.483. The second-order valence-corrected chi connectivity index (χ2v) is 4.90. The number of aryl methyl sites for hydroxylation is 1. The summed E-state index contributed by atoms with van der Waals surface area (Å²) < 4.78 is 6.23. The van der Waals surface area contributed by atoms with Crippen LogP contribution in [0.25, 0.3) is 16.9 Å². The molecular weight excluding hydrogens is 288 g/mol. The Labute approximate surface area is 125 Å². The standard InChI is InChI=1S/C12H16N8O2/c1-6-8-2-9(15-3-7(13)4-21)16-5-20(8)17-10(6)11-12(14)19-22-18-11/h2,5,7,15,21H,3-4,13H2,1H3,(H2,14,19). The highest BCUT2D eigenvalue weighted by atomic mass is 16.6. The van der Waals surface area contributed by atoms with Crippen molar-refractivity contribution < 1.29 is 9.74 Å². The molecule has 3 heterocycles. The Bertz CT molecular complexity index is 796. The van der Waals surface area contributed by atoms with Crippen LogP contribution in [0.3, 0.4) is 0 Å². The molecule has 3 aromatic heterocycles. The number of anilines is 2. The topological polar surface area (TPSA) is 153 Å². The van der Waals surface area contributed by atoms with E-state index in [0.29, 0.717) is 23.8 Å². The molecule has 3 rings (SSSR count). The highest BCUT2D eigenvalue weighted by Crippen LogP contribution is 2.27. The van der Waals surface area contributed by atoms with E-state index in [9.17, 15) is 0 Å². The maximum atomic E-state index is 8.93. The summed E-state index contributed by atoms with van der Waals surface area (Å²) in [6.07, 6.45) is 1.57. The van der Waals surface area contributed by atoms with Crippen molar-refractivity contribution in [2.24, 2.45) is 5.73 Å². The molecule has 0 radical (unpaired) electrons. The largest absolute Gasteiger partial charge is 0.395 e. The first-order valence-corrected chi connectivity index (χ1v) is 6.64. The lowest BCUT2D eigenvalue weighted by Gasteiger charge is -2.10. The van der Waals surface area contributed by atoms with Gasteiger partial charge in [-0.15, -0.1) is 0 Å². The summed E-state index contributed by atoms with van der Waals surface area (Å²) in [5, 5.41) is 23.7. The molecule has 10 heteroatoms. The fourth-order valence-corrected chi connectivity index (χ4v) is 2.06. The second-order valence-electron chi connectivity index (χ2n) is 4.90. The normalized spacial score (nSPS) is 12.7. The Balaban J connectivity index is 1.95. The number of rotatable bonds is 5. The Morgan fingerprint density at radius 2 is 2.23 bits per heavy atom. The third kappa shape index (κ3) is 2.44. The van der Waals surface area contributed by atoms with Crippen molar-refractivity contribution in [1.82, 2.24) is 24.9 Å². The Morgan fingerprint density at radius 3 is 2.91 bits per heavy atom. The van der Waals surface area contributed by atoms with Crippen LogP contribution in [0.15, 0.2) is 17.0 Å². The smallest absolute Gasteiger partial charge is 0.198 e. The first-order chi connectivity index (χ1) is 10.6. The summed E-state index contributed by atoms with van der Waals surface area (Å²) in [6.45, 7) is 2.22. The van der Waals surface area contributed by atoms with Gasteiger partial charge >= 0.3 is 0 Å². The number of nitrogens with two attached hydrogens (primary N) is 2. The summed E-state index contributed by atoms with van der Waals surface area (Å²) in [6, 6.07) is 1.49. The number of nitrogen functional groups attached to an aromatic ring is 1. The van der Waals surface area contributed by atoms with E-state index in [2.05, 4.69) is 30.3 Å². The van der Waals surface area contributed by atoms with Gasteiger partial charge in [0, 0.05) is 24.2 Å². The maximum absolute atomic E-state index is 8.93.